The molecule has 0 radical (unpaired) electrons. The zero-order chi connectivity index (χ0) is 28.0. The van der Waals surface area contributed by atoms with Crippen molar-refractivity contribution in [3.05, 3.63) is 119 Å². The van der Waals surface area contributed by atoms with Crippen LogP contribution in [0, 0.1) is 23.2 Å². The van der Waals surface area contributed by atoms with Gasteiger partial charge in [0.1, 0.15) is 5.60 Å². The maximum Gasteiger partial charge on any atom is 0.267 e. The second-order valence-corrected chi connectivity index (χ2v) is 12.7. The molecule has 41 heavy (non-hydrogen) atoms. The first-order chi connectivity index (χ1) is 20.0. The number of hydrogen-bond acceptors (Lipinski definition) is 4. The van der Waals surface area contributed by atoms with Crippen molar-refractivity contribution < 1.29 is 19.1 Å². The van der Waals surface area contributed by atoms with Crippen molar-refractivity contribution in [1.82, 2.24) is 4.90 Å². The smallest absolute Gasteiger partial charge is 0.267 e. The standard InChI is InChI=1S/C36H35NO4/c38-32-15-16-33(39)37(32)34(40)28-11-13-31(14-12-28)36(29-7-3-1-4-8-29,30-9-5-2-6-10-30)41-18-17-35-22-25-19-26(23-35)21-27(20-25)24-35/h1-16,25-27H,17-24H2. The number of ether oxygens (including phenoxy) is 1. The van der Waals surface area contributed by atoms with Crippen molar-refractivity contribution in [3.8, 4) is 0 Å². The van der Waals surface area contributed by atoms with Gasteiger partial charge >= 0.3 is 0 Å². The summed E-state index contributed by atoms with van der Waals surface area (Å²) in [5.41, 5.74) is 2.73. The third-order valence-corrected chi connectivity index (χ3v) is 10.0. The van der Waals surface area contributed by atoms with Crippen LogP contribution in [0.2, 0.25) is 0 Å². The van der Waals surface area contributed by atoms with E-state index >= 15 is 0 Å². The average molecular weight is 546 g/mol. The Hall–Kier alpha value is -3.83. The van der Waals surface area contributed by atoms with E-state index in [9.17, 15) is 14.4 Å². The molecule has 8 rings (SSSR count). The van der Waals surface area contributed by atoms with Gasteiger partial charge in [0, 0.05) is 24.3 Å². The Balaban J connectivity index is 1.24. The lowest BCUT2D eigenvalue weighted by molar-refractivity contribution is -0.133. The van der Waals surface area contributed by atoms with Crippen LogP contribution < -0.4 is 0 Å². The van der Waals surface area contributed by atoms with Crippen LogP contribution in [-0.4, -0.2) is 29.2 Å². The van der Waals surface area contributed by atoms with Crippen LogP contribution in [0.15, 0.2) is 97.1 Å². The minimum atomic E-state index is -0.882. The fourth-order valence-electron chi connectivity index (χ4n) is 8.69. The molecule has 1 heterocycles. The van der Waals surface area contributed by atoms with Gasteiger partial charge in [-0.15, -0.1) is 0 Å². The van der Waals surface area contributed by atoms with Crippen molar-refractivity contribution in [2.45, 2.75) is 50.5 Å². The SMILES string of the molecule is O=C1C=CC(=O)N1C(=O)c1ccc(C(OCCC23CC4CC(CC(C4)C2)C3)(c2ccccc2)c2ccccc2)cc1. The molecule has 0 N–H and O–H groups in total. The lowest BCUT2D eigenvalue weighted by Crippen LogP contribution is -2.46. The van der Waals surface area contributed by atoms with Gasteiger partial charge in [-0.2, -0.15) is 0 Å². The Morgan fingerprint density at radius 2 is 1.17 bits per heavy atom. The van der Waals surface area contributed by atoms with Crippen LogP contribution in [0.5, 0.6) is 0 Å². The summed E-state index contributed by atoms with van der Waals surface area (Å²) in [7, 11) is 0. The van der Waals surface area contributed by atoms with Crippen LogP contribution in [0.1, 0.15) is 72.0 Å². The molecule has 0 aromatic heterocycles. The highest BCUT2D eigenvalue weighted by Crippen LogP contribution is 2.61. The number of imide groups is 3. The van der Waals surface area contributed by atoms with Gasteiger partial charge in [0.15, 0.2) is 0 Å². The van der Waals surface area contributed by atoms with Crippen LogP contribution in [0.25, 0.3) is 0 Å². The van der Waals surface area contributed by atoms with Gasteiger partial charge in [-0.25, -0.2) is 4.90 Å². The summed E-state index contributed by atoms with van der Waals surface area (Å²) in [5.74, 6) is 0.834. The van der Waals surface area contributed by atoms with Gasteiger partial charge in [-0.3, -0.25) is 14.4 Å². The summed E-state index contributed by atoms with van der Waals surface area (Å²) < 4.78 is 7.15. The molecule has 5 aliphatic rings. The normalized spacial score (nSPS) is 26.6. The van der Waals surface area contributed by atoms with Crippen molar-refractivity contribution in [2.24, 2.45) is 23.2 Å². The Morgan fingerprint density at radius 3 is 1.66 bits per heavy atom. The molecule has 1 aliphatic heterocycles. The van der Waals surface area contributed by atoms with Gasteiger partial charge in [0.2, 0.25) is 0 Å². The van der Waals surface area contributed by atoms with Gasteiger partial charge in [0.25, 0.3) is 17.7 Å². The molecule has 208 valence electrons. The maximum atomic E-state index is 13.1. The average Bonchev–Trinajstić information content (AvgIpc) is 3.32. The second kappa shape index (κ2) is 10.2. The van der Waals surface area contributed by atoms with Crippen molar-refractivity contribution in [1.29, 1.82) is 0 Å². The Morgan fingerprint density at radius 1 is 0.707 bits per heavy atom. The van der Waals surface area contributed by atoms with Gasteiger partial charge in [0.05, 0.1) is 0 Å². The van der Waals surface area contributed by atoms with E-state index in [-0.39, 0.29) is 5.56 Å². The molecule has 5 heteroatoms. The Bertz CT molecular complexity index is 1400. The molecule has 4 saturated carbocycles. The zero-order valence-corrected chi connectivity index (χ0v) is 23.2. The highest BCUT2D eigenvalue weighted by atomic mass is 16.5. The molecule has 3 aromatic carbocycles. The molecule has 4 aliphatic carbocycles. The molecule has 4 fully saturated rings. The summed E-state index contributed by atoms with van der Waals surface area (Å²) in [6.45, 7) is 0.638. The topological polar surface area (TPSA) is 63.7 Å². The third-order valence-electron chi connectivity index (χ3n) is 10.0. The molecule has 0 saturated heterocycles. The third kappa shape index (κ3) is 4.57. The highest BCUT2D eigenvalue weighted by molar-refractivity contribution is 6.25. The first-order valence-corrected chi connectivity index (χ1v) is 14.9. The van der Waals surface area contributed by atoms with E-state index in [4.69, 9.17) is 4.74 Å². The summed E-state index contributed by atoms with van der Waals surface area (Å²) in [5, 5.41) is 0. The summed E-state index contributed by atoms with van der Waals surface area (Å²) >= 11 is 0. The lowest BCUT2D eigenvalue weighted by atomic mass is 9.49. The molecule has 0 unspecified atom stereocenters. The number of carbonyl (C=O) groups is 3. The van der Waals surface area contributed by atoms with Crippen molar-refractivity contribution in [3.63, 3.8) is 0 Å². The first-order valence-electron chi connectivity index (χ1n) is 14.9. The van der Waals surface area contributed by atoms with Gasteiger partial charge in [-0.05, 0) is 96.9 Å². The Labute approximate surface area is 241 Å². The van der Waals surface area contributed by atoms with E-state index < -0.39 is 23.3 Å². The van der Waals surface area contributed by atoms with E-state index in [2.05, 4.69) is 24.3 Å². The van der Waals surface area contributed by atoms with Crippen LogP contribution >= 0.6 is 0 Å². The predicted molar refractivity (Wildman–Crippen MR) is 156 cm³/mol. The van der Waals surface area contributed by atoms with E-state index in [0.717, 1.165) is 53.0 Å². The lowest BCUT2D eigenvalue weighted by Gasteiger charge is -2.57. The minimum absolute atomic E-state index is 0.280. The van der Waals surface area contributed by atoms with Crippen molar-refractivity contribution in [2.75, 3.05) is 6.61 Å². The van der Waals surface area contributed by atoms with Crippen LogP contribution in [0.3, 0.4) is 0 Å². The largest absolute Gasteiger partial charge is 0.361 e. The highest BCUT2D eigenvalue weighted by Gasteiger charge is 2.51. The van der Waals surface area contributed by atoms with Gasteiger partial charge in [-0.1, -0.05) is 72.8 Å². The quantitative estimate of drug-likeness (QED) is 0.234. The van der Waals surface area contributed by atoms with E-state index in [1.54, 1.807) is 12.1 Å². The molecule has 5 nitrogen and oxygen atoms in total. The fourth-order valence-corrected chi connectivity index (χ4v) is 8.69. The molecule has 4 bridgehead atoms. The maximum absolute atomic E-state index is 13.1. The van der Waals surface area contributed by atoms with E-state index in [1.165, 1.54) is 38.5 Å². The number of rotatable bonds is 8. The van der Waals surface area contributed by atoms with Crippen molar-refractivity contribution >= 4 is 17.7 Å². The Kier molecular flexibility index (Phi) is 6.50. The number of nitrogens with zero attached hydrogens (tertiary/aromatic N) is 1. The van der Waals surface area contributed by atoms with E-state index in [1.807, 2.05) is 48.5 Å². The number of amides is 3. The van der Waals surface area contributed by atoms with Gasteiger partial charge < -0.3 is 4.74 Å². The second-order valence-electron chi connectivity index (χ2n) is 12.7. The monoisotopic (exact) mass is 545 g/mol. The summed E-state index contributed by atoms with van der Waals surface area (Å²) in [6, 6.07) is 27.7. The molecular weight excluding hydrogens is 510 g/mol. The van der Waals surface area contributed by atoms with Crippen LogP contribution in [-0.2, 0) is 19.9 Å². The molecular formula is C36H35NO4. The number of hydrogen-bond donors (Lipinski definition) is 0. The fraction of sp³-hybridized carbons (Fsp3) is 0.361. The molecule has 3 aromatic rings. The first kappa shape index (κ1) is 26.1. The predicted octanol–water partition coefficient (Wildman–Crippen LogP) is 6.67. The van der Waals surface area contributed by atoms with Crippen LogP contribution in [0.4, 0.5) is 0 Å². The number of benzene rings is 3. The summed E-state index contributed by atoms with van der Waals surface area (Å²) in [4.78, 5) is 38.0. The number of carbonyl (C=O) groups excluding carboxylic acids is 3. The molecule has 0 atom stereocenters. The zero-order valence-electron chi connectivity index (χ0n) is 23.2. The minimum Gasteiger partial charge on any atom is -0.361 e. The van der Waals surface area contributed by atoms with E-state index in [0.29, 0.717) is 16.9 Å². The molecule has 0 spiro atoms. The molecule has 3 amide bonds. The summed E-state index contributed by atoms with van der Waals surface area (Å²) in [6.07, 6.45) is 11.6.